The van der Waals surface area contributed by atoms with Crippen LogP contribution in [0.4, 0.5) is 0 Å². The van der Waals surface area contributed by atoms with Crippen LogP contribution in [0.15, 0.2) is 36.4 Å². The van der Waals surface area contributed by atoms with Gasteiger partial charge < -0.3 is 5.11 Å². The average molecular weight is 334 g/mol. The minimum absolute atomic E-state index is 0.214. The molecular formula is C19H18N4O2. The molecule has 6 heteroatoms. The van der Waals surface area contributed by atoms with Gasteiger partial charge in [-0.25, -0.2) is 5.84 Å². The average Bonchev–Trinajstić information content (AvgIpc) is 3.08. The third kappa shape index (κ3) is 2.56. The van der Waals surface area contributed by atoms with Gasteiger partial charge in [-0.05, 0) is 47.8 Å². The zero-order valence-corrected chi connectivity index (χ0v) is 13.5. The van der Waals surface area contributed by atoms with E-state index >= 15 is 0 Å². The summed E-state index contributed by atoms with van der Waals surface area (Å²) in [5, 5.41) is 19.5. The normalized spacial score (nSPS) is 15.3. The van der Waals surface area contributed by atoms with Gasteiger partial charge in [0.1, 0.15) is 5.75 Å². The molecule has 3 aromatic rings. The molecule has 4 rings (SSSR count). The Morgan fingerprint density at radius 3 is 2.92 bits per heavy atom. The minimum Gasteiger partial charge on any atom is -0.507 e. The third-order valence-electron chi connectivity index (χ3n) is 4.65. The van der Waals surface area contributed by atoms with Crippen molar-refractivity contribution in [2.24, 2.45) is 5.84 Å². The Morgan fingerprint density at radius 1 is 1.24 bits per heavy atom. The number of phenols is 1. The molecule has 0 saturated heterocycles. The van der Waals surface area contributed by atoms with Crippen LogP contribution in [0.2, 0.25) is 0 Å². The van der Waals surface area contributed by atoms with Gasteiger partial charge in [-0.2, -0.15) is 5.10 Å². The molecule has 1 heterocycles. The molecule has 1 aliphatic carbocycles. The summed E-state index contributed by atoms with van der Waals surface area (Å²) >= 11 is 0. The zero-order valence-electron chi connectivity index (χ0n) is 13.5. The number of aryl methyl sites for hydroxylation is 1. The number of fused-ring (bicyclic) bond motifs is 2. The molecule has 126 valence electrons. The number of aromatic hydroxyl groups is 1. The summed E-state index contributed by atoms with van der Waals surface area (Å²) in [6, 6.07) is 11.5. The Labute approximate surface area is 144 Å². The van der Waals surface area contributed by atoms with E-state index in [-0.39, 0.29) is 5.75 Å². The maximum atomic E-state index is 12.0. The van der Waals surface area contributed by atoms with Crippen LogP contribution in [0.3, 0.4) is 0 Å². The number of allylic oxidation sites excluding steroid dienone is 1. The summed E-state index contributed by atoms with van der Waals surface area (Å²) in [7, 11) is 0. The summed E-state index contributed by atoms with van der Waals surface area (Å²) in [5.74, 6) is 5.07. The molecular weight excluding hydrogens is 316 g/mol. The molecule has 1 aliphatic rings. The van der Waals surface area contributed by atoms with Crippen LogP contribution in [0, 0.1) is 0 Å². The molecule has 0 radical (unpaired) electrons. The molecule has 0 bridgehead atoms. The number of carbonyl (C=O) groups is 1. The topological polar surface area (TPSA) is 104 Å². The second-order valence-electron chi connectivity index (χ2n) is 6.14. The number of rotatable bonds is 2. The number of hydrogen-bond acceptors (Lipinski definition) is 4. The van der Waals surface area contributed by atoms with Crippen LogP contribution >= 0.6 is 0 Å². The fraction of sp³-hybridized carbons (Fsp3) is 0.158. The molecule has 0 aliphatic heterocycles. The lowest BCUT2D eigenvalue weighted by Gasteiger charge is -2.16. The minimum atomic E-state index is -0.424. The molecule has 0 saturated carbocycles. The van der Waals surface area contributed by atoms with Gasteiger partial charge in [0.15, 0.2) is 5.69 Å². The number of nitrogens with two attached hydrogens (primary N) is 1. The summed E-state index contributed by atoms with van der Waals surface area (Å²) in [4.78, 5) is 12.0. The summed E-state index contributed by atoms with van der Waals surface area (Å²) in [6.45, 7) is 0. The molecule has 1 amide bonds. The summed E-state index contributed by atoms with van der Waals surface area (Å²) in [5.41, 5.74) is 5.88. The zero-order chi connectivity index (χ0) is 17.4. The van der Waals surface area contributed by atoms with Crippen LogP contribution in [0.5, 0.6) is 5.75 Å². The number of phenolic OH excluding ortho intramolecular Hbond substituents is 1. The Bertz CT molecular complexity index is 1000. The van der Waals surface area contributed by atoms with Gasteiger partial charge in [-0.15, -0.1) is 0 Å². The van der Waals surface area contributed by atoms with E-state index in [0.717, 1.165) is 52.4 Å². The SMILES string of the molecule is NNC(=O)c1n[nH]c2c1C(=Cc1c(O)ccc3ccccc13)CCC2. The Kier molecular flexibility index (Phi) is 3.74. The largest absolute Gasteiger partial charge is 0.507 e. The van der Waals surface area contributed by atoms with Gasteiger partial charge in [-0.3, -0.25) is 15.3 Å². The van der Waals surface area contributed by atoms with Crippen molar-refractivity contribution in [3.63, 3.8) is 0 Å². The number of H-pyrrole nitrogens is 1. The number of nitrogen functional groups attached to an aromatic ring is 1. The van der Waals surface area contributed by atoms with E-state index < -0.39 is 5.91 Å². The molecule has 25 heavy (non-hydrogen) atoms. The van der Waals surface area contributed by atoms with Crippen molar-refractivity contribution in [1.29, 1.82) is 0 Å². The highest BCUT2D eigenvalue weighted by Gasteiger charge is 2.25. The first kappa shape index (κ1) is 15.4. The van der Waals surface area contributed by atoms with E-state index in [2.05, 4.69) is 15.6 Å². The highest BCUT2D eigenvalue weighted by molar-refractivity contribution is 6.03. The number of aromatic nitrogens is 2. The smallest absolute Gasteiger partial charge is 0.286 e. The lowest BCUT2D eigenvalue weighted by Crippen LogP contribution is -2.31. The van der Waals surface area contributed by atoms with Crippen molar-refractivity contribution >= 4 is 28.3 Å². The van der Waals surface area contributed by atoms with Crippen molar-refractivity contribution < 1.29 is 9.90 Å². The molecule has 6 nitrogen and oxygen atoms in total. The number of nitrogens with zero attached hydrogens (tertiary/aromatic N) is 1. The molecule has 5 N–H and O–H groups in total. The molecule has 0 atom stereocenters. The van der Waals surface area contributed by atoms with E-state index in [1.165, 1.54) is 0 Å². The van der Waals surface area contributed by atoms with Crippen LogP contribution in [0.25, 0.3) is 22.4 Å². The number of aromatic amines is 1. The highest BCUT2D eigenvalue weighted by Crippen LogP contribution is 2.37. The standard InChI is InChI=1S/C19H18N4O2/c20-21-19(25)18-17-12(5-3-7-15(17)22-23-18)10-14-13-6-2-1-4-11(13)8-9-16(14)24/h1-2,4,6,8-10,24H,3,5,7,20H2,(H,21,25)(H,22,23). The number of nitrogens with one attached hydrogen (secondary N) is 2. The lowest BCUT2D eigenvalue weighted by molar-refractivity contribution is 0.0948. The van der Waals surface area contributed by atoms with Gasteiger partial charge >= 0.3 is 0 Å². The van der Waals surface area contributed by atoms with Gasteiger partial charge in [0.05, 0.1) is 0 Å². The monoisotopic (exact) mass is 334 g/mol. The summed E-state index contributed by atoms with van der Waals surface area (Å²) in [6.07, 6.45) is 4.55. The van der Waals surface area contributed by atoms with Crippen molar-refractivity contribution in [1.82, 2.24) is 15.6 Å². The van der Waals surface area contributed by atoms with E-state index in [4.69, 9.17) is 5.84 Å². The molecule has 0 unspecified atom stereocenters. The van der Waals surface area contributed by atoms with Crippen molar-refractivity contribution in [2.75, 3.05) is 0 Å². The Morgan fingerprint density at radius 2 is 2.08 bits per heavy atom. The molecule has 0 fully saturated rings. The molecule has 2 aromatic carbocycles. The van der Waals surface area contributed by atoms with Crippen LogP contribution in [-0.4, -0.2) is 21.2 Å². The van der Waals surface area contributed by atoms with Gasteiger partial charge in [0, 0.05) is 16.8 Å². The maximum Gasteiger partial charge on any atom is 0.286 e. The highest BCUT2D eigenvalue weighted by atomic mass is 16.3. The number of hydrogen-bond donors (Lipinski definition) is 4. The van der Waals surface area contributed by atoms with E-state index in [9.17, 15) is 9.90 Å². The summed E-state index contributed by atoms with van der Waals surface area (Å²) < 4.78 is 0. The molecule has 1 aromatic heterocycles. The lowest BCUT2D eigenvalue weighted by atomic mass is 9.88. The van der Waals surface area contributed by atoms with Crippen LogP contribution in [-0.2, 0) is 6.42 Å². The Hall–Kier alpha value is -3.12. The maximum absolute atomic E-state index is 12.0. The number of hydrazine groups is 1. The quantitative estimate of drug-likeness (QED) is 0.328. The van der Waals surface area contributed by atoms with E-state index in [1.54, 1.807) is 6.07 Å². The fourth-order valence-electron chi connectivity index (χ4n) is 3.47. The predicted octanol–water partition coefficient (Wildman–Crippen LogP) is 2.75. The van der Waals surface area contributed by atoms with Crippen molar-refractivity contribution in [3.8, 4) is 5.75 Å². The van der Waals surface area contributed by atoms with Crippen molar-refractivity contribution in [3.05, 3.63) is 58.9 Å². The predicted molar refractivity (Wildman–Crippen MR) is 96.7 cm³/mol. The van der Waals surface area contributed by atoms with Crippen molar-refractivity contribution in [2.45, 2.75) is 19.3 Å². The number of carbonyl (C=O) groups excluding carboxylic acids is 1. The number of amides is 1. The third-order valence-corrected chi connectivity index (χ3v) is 4.65. The second-order valence-corrected chi connectivity index (χ2v) is 6.14. The molecule has 0 spiro atoms. The Balaban J connectivity index is 1.92. The number of benzene rings is 2. The van der Waals surface area contributed by atoms with Crippen LogP contribution < -0.4 is 11.3 Å². The van der Waals surface area contributed by atoms with Gasteiger partial charge in [-0.1, -0.05) is 30.3 Å². The van der Waals surface area contributed by atoms with Gasteiger partial charge in [0.2, 0.25) is 0 Å². The van der Waals surface area contributed by atoms with E-state index in [0.29, 0.717) is 5.69 Å². The van der Waals surface area contributed by atoms with E-state index in [1.807, 2.05) is 36.4 Å². The second kappa shape index (κ2) is 6.07. The fourth-order valence-corrected chi connectivity index (χ4v) is 3.47. The first-order valence-corrected chi connectivity index (χ1v) is 8.19. The first-order chi connectivity index (χ1) is 12.2. The van der Waals surface area contributed by atoms with Gasteiger partial charge in [0.25, 0.3) is 5.91 Å². The first-order valence-electron chi connectivity index (χ1n) is 8.19. The van der Waals surface area contributed by atoms with Crippen LogP contribution in [0.1, 0.15) is 40.2 Å².